The Morgan fingerprint density at radius 2 is 2.12 bits per heavy atom. The first kappa shape index (κ1) is 13.7. The molecule has 0 aliphatic rings. The Morgan fingerprint density at radius 1 is 1.35 bits per heavy atom. The highest BCUT2D eigenvalue weighted by Gasteiger charge is 2.19. The lowest BCUT2D eigenvalue weighted by atomic mass is 10.0. The maximum atomic E-state index is 12.2. The molecule has 94 valence electrons. The van der Waals surface area contributed by atoms with E-state index >= 15 is 0 Å². The number of methoxy groups -OCH3 is 1. The zero-order chi connectivity index (χ0) is 12.7. The first-order chi connectivity index (χ1) is 8.22. The van der Waals surface area contributed by atoms with Gasteiger partial charge in [0.05, 0.1) is 7.11 Å². The lowest BCUT2D eigenvalue weighted by Gasteiger charge is -2.15. The monoisotopic (exact) mass is 236 g/mol. The summed E-state index contributed by atoms with van der Waals surface area (Å²) in [5, 5.41) is 0. The highest BCUT2D eigenvalue weighted by atomic mass is 16.5. The summed E-state index contributed by atoms with van der Waals surface area (Å²) in [6.45, 7) is 4.51. The van der Waals surface area contributed by atoms with E-state index in [2.05, 4.69) is 0 Å². The Balaban J connectivity index is 2.84. The van der Waals surface area contributed by atoms with Gasteiger partial charge in [0.25, 0.3) is 0 Å². The lowest BCUT2D eigenvalue weighted by molar-refractivity contribution is 0.0423. The fourth-order valence-electron chi connectivity index (χ4n) is 1.72. The highest BCUT2D eigenvalue weighted by molar-refractivity contribution is 5.99. The van der Waals surface area contributed by atoms with Crippen LogP contribution in [0.15, 0.2) is 24.3 Å². The minimum atomic E-state index is -0.336. The number of carbonyl (C=O) groups excluding carboxylic acids is 1. The molecule has 0 fully saturated rings. The molecule has 0 aromatic heterocycles. The number of hydrogen-bond donors (Lipinski definition) is 0. The van der Waals surface area contributed by atoms with Crippen molar-refractivity contribution in [1.29, 1.82) is 0 Å². The molecule has 1 aromatic carbocycles. The van der Waals surface area contributed by atoms with Crippen LogP contribution in [0.3, 0.4) is 0 Å². The van der Waals surface area contributed by atoms with Crippen LogP contribution in [0.4, 0.5) is 0 Å². The molecule has 0 spiro atoms. The average Bonchev–Trinajstić information content (AvgIpc) is 2.38. The summed E-state index contributed by atoms with van der Waals surface area (Å²) in [5.74, 6) is 0.732. The summed E-state index contributed by atoms with van der Waals surface area (Å²) in [6.07, 6.45) is 1.35. The number of ketones is 1. The normalized spacial score (nSPS) is 12.2. The van der Waals surface area contributed by atoms with Gasteiger partial charge >= 0.3 is 0 Å². The predicted molar refractivity (Wildman–Crippen MR) is 67.6 cm³/mol. The molecule has 1 aromatic rings. The van der Waals surface area contributed by atoms with Gasteiger partial charge < -0.3 is 9.47 Å². The minimum absolute atomic E-state index is 0.0348. The molecule has 0 bridgehead atoms. The third-order valence-corrected chi connectivity index (χ3v) is 2.57. The van der Waals surface area contributed by atoms with E-state index in [1.165, 1.54) is 0 Å². The summed E-state index contributed by atoms with van der Waals surface area (Å²) >= 11 is 0. The van der Waals surface area contributed by atoms with Crippen LogP contribution < -0.4 is 4.74 Å². The van der Waals surface area contributed by atoms with Crippen molar-refractivity contribution >= 4 is 5.78 Å². The van der Waals surface area contributed by atoms with Crippen LogP contribution in [0.5, 0.6) is 5.75 Å². The van der Waals surface area contributed by atoms with Crippen LogP contribution in [0.2, 0.25) is 0 Å². The van der Waals surface area contributed by atoms with Gasteiger partial charge in [-0.2, -0.15) is 0 Å². The van der Waals surface area contributed by atoms with Gasteiger partial charge in [-0.05, 0) is 25.5 Å². The minimum Gasteiger partial charge on any atom is -0.497 e. The molecule has 0 radical (unpaired) electrons. The highest BCUT2D eigenvalue weighted by Crippen LogP contribution is 2.17. The van der Waals surface area contributed by atoms with Gasteiger partial charge in [-0.1, -0.05) is 25.5 Å². The van der Waals surface area contributed by atoms with Gasteiger partial charge in [0.2, 0.25) is 0 Å². The second-order valence-electron chi connectivity index (χ2n) is 3.83. The molecule has 0 aliphatic heterocycles. The lowest BCUT2D eigenvalue weighted by Crippen LogP contribution is -2.24. The third-order valence-electron chi connectivity index (χ3n) is 2.57. The summed E-state index contributed by atoms with van der Waals surface area (Å²) in [7, 11) is 1.59. The van der Waals surface area contributed by atoms with Crippen LogP contribution in [-0.4, -0.2) is 25.6 Å². The van der Waals surface area contributed by atoms with E-state index in [0.29, 0.717) is 17.9 Å². The smallest absolute Gasteiger partial charge is 0.191 e. The Bertz CT molecular complexity index is 354. The fourth-order valence-corrected chi connectivity index (χ4v) is 1.72. The van der Waals surface area contributed by atoms with E-state index in [-0.39, 0.29) is 11.9 Å². The molecule has 0 amide bonds. The van der Waals surface area contributed by atoms with Gasteiger partial charge in [-0.25, -0.2) is 0 Å². The van der Waals surface area contributed by atoms with E-state index < -0.39 is 0 Å². The molecule has 0 N–H and O–H groups in total. The van der Waals surface area contributed by atoms with Crippen LogP contribution in [0.1, 0.15) is 37.0 Å². The molecule has 1 rings (SSSR count). The van der Waals surface area contributed by atoms with Crippen LogP contribution in [0, 0.1) is 0 Å². The molecule has 0 saturated carbocycles. The maximum absolute atomic E-state index is 12.2. The average molecular weight is 236 g/mol. The van der Waals surface area contributed by atoms with E-state index in [0.717, 1.165) is 12.8 Å². The fraction of sp³-hybridized carbons (Fsp3) is 0.500. The van der Waals surface area contributed by atoms with Crippen LogP contribution in [-0.2, 0) is 4.74 Å². The van der Waals surface area contributed by atoms with Crippen molar-refractivity contribution in [1.82, 2.24) is 0 Å². The van der Waals surface area contributed by atoms with E-state index in [9.17, 15) is 4.79 Å². The van der Waals surface area contributed by atoms with Crippen molar-refractivity contribution in [2.24, 2.45) is 0 Å². The van der Waals surface area contributed by atoms with Crippen molar-refractivity contribution in [2.45, 2.75) is 32.8 Å². The number of Topliss-reactive ketones (excluding diaryl/α,β-unsaturated/α-hetero) is 1. The zero-order valence-electron chi connectivity index (χ0n) is 10.7. The second-order valence-corrected chi connectivity index (χ2v) is 3.83. The molecule has 0 aliphatic carbocycles. The first-order valence-electron chi connectivity index (χ1n) is 6.02. The van der Waals surface area contributed by atoms with Crippen molar-refractivity contribution in [3.63, 3.8) is 0 Å². The molecular weight excluding hydrogens is 216 g/mol. The van der Waals surface area contributed by atoms with Crippen LogP contribution in [0.25, 0.3) is 0 Å². The molecule has 17 heavy (non-hydrogen) atoms. The summed E-state index contributed by atoms with van der Waals surface area (Å²) in [5.41, 5.74) is 0.649. The number of carbonyl (C=O) groups is 1. The van der Waals surface area contributed by atoms with Crippen LogP contribution >= 0.6 is 0 Å². The molecule has 1 unspecified atom stereocenters. The quantitative estimate of drug-likeness (QED) is 0.682. The maximum Gasteiger partial charge on any atom is 0.191 e. The molecular formula is C14H20O3. The number of hydrogen-bond acceptors (Lipinski definition) is 3. The van der Waals surface area contributed by atoms with Gasteiger partial charge in [0.15, 0.2) is 5.78 Å². The van der Waals surface area contributed by atoms with Gasteiger partial charge in [0, 0.05) is 12.2 Å². The molecule has 0 heterocycles. The summed E-state index contributed by atoms with van der Waals surface area (Å²) in [6, 6.07) is 7.20. The zero-order valence-corrected chi connectivity index (χ0v) is 10.7. The van der Waals surface area contributed by atoms with Crippen molar-refractivity contribution in [3.05, 3.63) is 29.8 Å². The standard InChI is InChI=1S/C14H20O3/c1-4-7-13(17-5-2)14(15)11-8-6-9-12(10-11)16-3/h6,8-10,13H,4-5,7H2,1-3H3. The number of ether oxygens (including phenoxy) is 2. The summed E-state index contributed by atoms with van der Waals surface area (Å²) in [4.78, 5) is 12.2. The van der Waals surface area contributed by atoms with E-state index in [4.69, 9.17) is 9.47 Å². The topological polar surface area (TPSA) is 35.5 Å². The SMILES string of the molecule is CCCC(OCC)C(=O)c1cccc(OC)c1. The number of benzene rings is 1. The largest absolute Gasteiger partial charge is 0.497 e. The van der Waals surface area contributed by atoms with Crippen molar-refractivity contribution in [2.75, 3.05) is 13.7 Å². The Kier molecular flexibility index (Phi) is 5.70. The second kappa shape index (κ2) is 7.07. The predicted octanol–water partition coefficient (Wildman–Crippen LogP) is 3.08. The Morgan fingerprint density at radius 3 is 2.71 bits per heavy atom. The van der Waals surface area contributed by atoms with Gasteiger partial charge in [-0.3, -0.25) is 4.79 Å². The molecule has 3 nitrogen and oxygen atoms in total. The Hall–Kier alpha value is -1.35. The molecule has 1 atom stereocenters. The van der Waals surface area contributed by atoms with Crippen molar-refractivity contribution in [3.8, 4) is 5.75 Å². The van der Waals surface area contributed by atoms with Gasteiger partial charge in [0.1, 0.15) is 11.9 Å². The molecule has 3 heteroatoms. The van der Waals surface area contributed by atoms with E-state index in [1.807, 2.05) is 26.0 Å². The van der Waals surface area contributed by atoms with Crippen molar-refractivity contribution < 1.29 is 14.3 Å². The van der Waals surface area contributed by atoms with Gasteiger partial charge in [-0.15, -0.1) is 0 Å². The third kappa shape index (κ3) is 3.86. The molecule has 0 saturated heterocycles. The Labute approximate surface area is 103 Å². The summed E-state index contributed by atoms with van der Waals surface area (Å²) < 4.78 is 10.6. The number of rotatable bonds is 7. The first-order valence-corrected chi connectivity index (χ1v) is 6.02. The van der Waals surface area contributed by atoms with E-state index in [1.54, 1.807) is 19.2 Å².